The normalized spacial score (nSPS) is 23.0. The number of rotatable bonds is 1. The molecule has 2 nitrogen and oxygen atoms in total. The number of ketones is 1. The second kappa shape index (κ2) is 2.97. The smallest absolute Gasteiger partial charge is 0.178 e. The Morgan fingerprint density at radius 3 is 2.75 bits per heavy atom. The number of carbonyl (C=O) groups is 1. The molecule has 0 N–H and O–H groups in total. The van der Waals surface area contributed by atoms with Crippen LogP contribution in [0.1, 0.15) is 18.9 Å². The van der Waals surface area contributed by atoms with Gasteiger partial charge in [-0.25, -0.2) is 0 Å². The van der Waals surface area contributed by atoms with Gasteiger partial charge in [0.25, 0.3) is 0 Å². The van der Waals surface area contributed by atoms with Crippen LogP contribution in [0.15, 0.2) is 36.7 Å². The summed E-state index contributed by atoms with van der Waals surface area (Å²) in [5.41, 5.74) is 0. The fourth-order valence-electron chi connectivity index (χ4n) is 1.56. The first kappa shape index (κ1) is 7.35. The number of hydrogen-bond acceptors (Lipinski definition) is 1. The lowest BCUT2D eigenvalue weighted by Crippen LogP contribution is -2.18. The maximum Gasteiger partial charge on any atom is 0.178 e. The van der Waals surface area contributed by atoms with E-state index in [0.29, 0.717) is 0 Å². The van der Waals surface area contributed by atoms with Crippen LogP contribution < -0.4 is 0 Å². The Labute approximate surface area is 71.5 Å². The lowest BCUT2D eigenvalue weighted by Gasteiger charge is -2.17. The highest BCUT2D eigenvalue weighted by molar-refractivity contribution is 5.93. The fraction of sp³-hybridized carbons (Fsp3) is 0.300. The molecule has 1 atom stereocenters. The van der Waals surface area contributed by atoms with Crippen molar-refractivity contribution in [3.05, 3.63) is 36.7 Å². The first-order valence-corrected chi connectivity index (χ1v) is 4.21. The maximum absolute atomic E-state index is 11.4. The van der Waals surface area contributed by atoms with Crippen molar-refractivity contribution >= 4 is 5.78 Å². The van der Waals surface area contributed by atoms with E-state index < -0.39 is 0 Å². The zero-order chi connectivity index (χ0) is 8.39. The van der Waals surface area contributed by atoms with E-state index in [2.05, 4.69) is 0 Å². The third-order valence-electron chi connectivity index (χ3n) is 2.20. The molecule has 0 spiro atoms. The molecule has 2 rings (SSSR count). The van der Waals surface area contributed by atoms with E-state index in [-0.39, 0.29) is 11.8 Å². The molecule has 1 aromatic heterocycles. The quantitative estimate of drug-likeness (QED) is 0.617. The van der Waals surface area contributed by atoms with Gasteiger partial charge in [-0.3, -0.25) is 4.79 Å². The lowest BCUT2D eigenvalue weighted by atomic mass is 10.0. The molecular weight excluding hydrogens is 150 g/mol. The van der Waals surface area contributed by atoms with Crippen molar-refractivity contribution in [3.8, 4) is 0 Å². The highest BCUT2D eigenvalue weighted by Gasteiger charge is 2.18. The van der Waals surface area contributed by atoms with Crippen molar-refractivity contribution in [1.82, 2.24) is 4.57 Å². The molecule has 0 fully saturated rings. The van der Waals surface area contributed by atoms with E-state index in [4.69, 9.17) is 0 Å². The largest absolute Gasteiger partial charge is 0.344 e. The van der Waals surface area contributed by atoms with Crippen molar-refractivity contribution in [2.24, 2.45) is 0 Å². The molecule has 0 saturated heterocycles. The zero-order valence-electron chi connectivity index (χ0n) is 6.81. The standard InChI is InChI=1S/C10H11NO/c12-10-6-2-1-5-9(10)11-7-3-4-8-11/h2-4,6-9H,1,5H2. The predicted molar refractivity (Wildman–Crippen MR) is 46.9 cm³/mol. The van der Waals surface area contributed by atoms with Crippen LogP contribution in [0.3, 0.4) is 0 Å². The van der Waals surface area contributed by atoms with Gasteiger partial charge in [0.15, 0.2) is 5.78 Å². The summed E-state index contributed by atoms with van der Waals surface area (Å²) in [6.45, 7) is 0. The molecule has 0 saturated carbocycles. The monoisotopic (exact) mass is 161 g/mol. The first-order chi connectivity index (χ1) is 5.88. The summed E-state index contributed by atoms with van der Waals surface area (Å²) in [5, 5.41) is 0. The van der Waals surface area contributed by atoms with Gasteiger partial charge in [0.2, 0.25) is 0 Å². The molecule has 1 heterocycles. The van der Waals surface area contributed by atoms with Crippen molar-refractivity contribution in [3.63, 3.8) is 0 Å². The maximum atomic E-state index is 11.4. The highest BCUT2D eigenvalue weighted by Crippen LogP contribution is 2.20. The molecule has 12 heavy (non-hydrogen) atoms. The van der Waals surface area contributed by atoms with E-state index in [9.17, 15) is 4.79 Å². The highest BCUT2D eigenvalue weighted by atomic mass is 16.1. The summed E-state index contributed by atoms with van der Waals surface area (Å²) in [4.78, 5) is 11.4. The molecule has 1 aliphatic rings. The van der Waals surface area contributed by atoms with Crippen LogP contribution >= 0.6 is 0 Å². The molecule has 1 aliphatic carbocycles. The summed E-state index contributed by atoms with van der Waals surface area (Å²) in [6, 6.07) is 3.95. The number of nitrogens with zero attached hydrogens (tertiary/aromatic N) is 1. The molecule has 2 heteroatoms. The summed E-state index contributed by atoms with van der Waals surface area (Å²) >= 11 is 0. The van der Waals surface area contributed by atoms with Gasteiger partial charge in [-0.1, -0.05) is 6.08 Å². The molecule has 0 aromatic carbocycles. The Kier molecular flexibility index (Phi) is 1.82. The van der Waals surface area contributed by atoms with E-state index in [1.165, 1.54) is 0 Å². The van der Waals surface area contributed by atoms with Gasteiger partial charge in [0.1, 0.15) is 0 Å². The van der Waals surface area contributed by atoms with Crippen molar-refractivity contribution in [2.45, 2.75) is 18.9 Å². The summed E-state index contributed by atoms with van der Waals surface area (Å²) in [7, 11) is 0. The number of hydrogen-bond donors (Lipinski definition) is 0. The van der Waals surface area contributed by atoms with Crippen molar-refractivity contribution < 1.29 is 4.79 Å². The molecule has 1 unspecified atom stereocenters. The first-order valence-electron chi connectivity index (χ1n) is 4.21. The van der Waals surface area contributed by atoms with E-state index in [1.54, 1.807) is 6.08 Å². The van der Waals surface area contributed by atoms with Crippen LogP contribution in [0.4, 0.5) is 0 Å². The SMILES string of the molecule is O=C1C=CCCC1n1cccc1. The second-order valence-corrected chi connectivity index (χ2v) is 3.03. The Hall–Kier alpha value is -1.31. The Bertz CT molecular complexity index is 298. The minimum absolute atomic E-state index is 0.0463. The molecule has 0 amide bonds. The topological polar surface area (TPSA) is 22.0 Å². The minimum Gasteiger partial charge on any atom is -0.344 e. The predicted octanol–water partition coefficient (Wildman–Crippen LogP) is 1.95. The third-order valence-corrected chi connectivity index (χ3v) is 2.20. The minimum atomic E-state index is 0.0463. The van der Waals surface area contributed by atoms with Crippen LogP contribution in [0.5, 0.6) is 0 Å². The second-order valence-electron chi connectivity index (χ2n) is 3.03. The number of aromatic nitrogens is 1. The molecule has 1 aromatic rings. The van der Waals surface area contributed by atoms with Gasteiger partial charge in [-0.15, -0.1) is 0 Å². The van der Waals surface area contributed by atoms with Crippen LogP contribution in [0.25, 0.3) is 0 Å². The Balaban J connectivity index is 2.25. The van der Waals surface area contributed by atoms with Crippen LogP contribution in [-0.2, 0) is 4.79 Å². The Morgan fingerprint density at radius 1 is 1.33 bits per heavy atom. The average Bonchev–Trinajstić information content (AvgIpc) is 2.57. The van der Waals surface area contributed by atoms with Crippen molar-refractivity contribution in [1.29, 1.82) is 0 Å². The summed E-state index contributed by atoms with van der Waals surface area (Å²) < 4.78 is 1.98. The van der Waals surface area contributed by atoms with E-state index >= 15 is 0 Å². The lowest BCUT2D eigenvalue weighted by molar-refractivity contribution is -0.118. The van der Waals surface area contributed by atoms with Gasteiger partial charge in [0.05, 0.1) is 6.04 Å². The van der Waals surface area contributed by atoms with Crippen LogP contribution in [0.2, 0.25) is 0 Å². The fourth-order valence-corrected chi connectivity index (χ4v) is 1.56. The molecule has 62 valence electrons. The van der Waals surface area contributed by atoms with Gasteiger partial charge < -0.3 is 4.57 Å². The summed E-state index contributed by atoms with van der Waals surface area (Å²) in [5.74, 6) is 0.220. The number of carbonyl (C=O) groups excluding carboxylic acids is 1. The van der Waals surface area contributed by atoms with Crippen LogP contribution in [-0.4, -0.2) is 10.4 Å². The van der Waals surface area contributed by atoms with E-state index in [0.717, 1.165) is 12.8 Å². The van der Waals surface area contributed by atoms with Gasteiger partial charge >= 0.3 is 0 Å². The molecular formula is C10H11NO. The van der Waals surface area contributed by atoms with Gasteiger partial charge in [-0.2, -0.15) is 0 Å². The van der Waals surface area contributed by atoms with Gasteiger partial charge in [0, 0.05) is 12.4 Å². The van der Waals surface area contributed by atoms with Gasteiger partial charge in [-0.05, 0) is 31.1 Å². The van der Waals surface area contributed by atoms with E-state index in [1.807, 2.05) is 35.2 Å². The van der Waals surface area contributed by atoms with Crippen LogP contribution in [0, 0.1) is 0 Å². The third kappa shape index (κ3) is 1.20. The Morgan fingerprint density at radius 2 is 2.08 bits per heavy atom. The average molecular weight is 161 g/mol. The zero-order valence-corrected chi connectivity index (χ0v) is 6.81. The number of allylic oxidation sites excluding steroid dienone is 2. The molecule has 0 bridgehead atoms. The molecule has 0 aliphatic heterocycles. The van der Waals surface area contributed by atoms with Crippen molar-refractivity contribution in [2.75, 3.05) is 0 Å². The molecule has 0 radical (unpaired) electrons. The summed E-state index contributed by atoms with van der Waals surface area (Å²) in [6.07, 6.45) is 9.47.